The van der Waals surface area contributed by atoms with Crippen molar-refractivity contribution in [1.82, 2.24) is 0 Å². The van der Waals surface area contributed by atoms with E-state index in [4.69, 9.17) is 4.74 Å². The summed E-state index contributed by atoms with van der Waals surface area (Å²) in [4.78, 5) is 16.4. The van der Waals surface area contributed by atoms with Crippen LogP contribution in [0.4, 0.5) is 25.4 Å². The molecule has 12 heteroatoms. The monoisotopic (exact) mass is 808 g/mol. The first-order valence-corrected chi connectivity index (χ1v) is 21.5. The first-order valence-electron chi connectivity index (χ1n) is 15.5. The van der Waals surface area contributed by atoms with Crippen LogP contribution in [0.5, 0.6) is 5.75 Å². The Labute approximate surface area is 291 Å². The Hall–Kier alpha value is -3.69. The number of para-hydroxylation sites is 1. The summed E-state index contributed by atoms with van der Waals surface area (Å²) in [6, 6.07) is 32.9. The second-order valence-electron chi connectivity index (χ2n) is 12.1. The van der Waals surface area contributed by atoms with Crippen molar-refractivity contribution in [3.8, 4) is 5.75 Å². The third kappa shape index (κ3) is 10.4. The molecule has 4 aromatic rings. The zero-order valence-electron chi connectivity index (χ0n) is 27.3. The van der Waals surface area contributed by atoms with Crippen LogP contribution in [0, 0.1) is 0 Å². The molecule has 2 aliphatic heterocycles. The van der Waals surface area contributed by atoms with E-state index in [-0.39, 0.29) is 16.1 Å². The van der Waals surface area contributed by atoms with Crippen LogP contribution in [0.1, 0.15) is 53.7 Å². The molecule has 49 heavy (non-hydrogen) atoms. The molecule has 1 fully saturated rings. The predicted molar refractivity (Wildman–Crippen MR) is 186 cm³/mol. The molecule has 0 amide bonds. The summed E-state index contributed by atoms with van der Waals surface area (Å²) in [6.45, 7) is 7.62. The van der Waals surface area contributed by atoms with Crippen molar-refractivity contribution in [1.29, 1.82) is 0 Å². The third-order valence-corrected chi connectivity index (χ3v) is 9.14. The number of halogens is 6. The number of esters is 1. The fourth-order valence-electron chi connectivity index (χ4n) is 6.00. The molecule has 1 saturated heterocycles. The van der Waals surface area contributed by atoms with Crippen molar-refractivity contribution in [3.05, 3.63) is 125 Å². The van der Waals surface area contributed by atoms with Crippen LogP contribution in [0.15, 0.2) is 108 Å². The number of benzene rings is 4. The van der Waals surface area contributed by atoms with Crippen LogP contribution in [0.3, 0.4) is 0 Å². The molecule has 0 radical (unpaired) electrons. The Morgan fingerprint density at radius 2 is 1.45 bits per heavy atom. The Kier molecular flexibility index (Phi) is 12.0. The number of nitrogens with zero attached hydrogens (tertiary/aromatic N) is 2. The summed E-state index contributed by atoms with van der Waals surface area (Å²) in [5.41, 5.74) is 7.84. The number of carbonyl (C=O) groups excluding carboxylic acids is 1. The molecule has 0 saturated carbocycles. The summed E-state index contributed by atoms with van der Waals surface area (Å²) in [7, 11) is 0. The summed E-state index contributed by atoms with van der Waals surface area (Å²) in [6.07, 6.45) is 9.10. The zero-order chi connectivity index (χ0) is 34.6. The molecule has 0 bridgehead atoms. The molecule has 0 aliphatic carbocycles. The molecule has 0 N–H and O–H groups in total. The van der Waals surface area contributed by atoms with E-state index in [1.165, 1.54) is 41.1 Å². The van der Waals surface area contributed by atoms with Crippen LogP contribution in [-0.2, 0) is 12.0 Å². The average Bonchev–Trinajstić information content (AvgIpc) is 3.65. The van der Waals surface area contributed by atoms with Gasteiger partial charge in [-0.3, -0.25) is 0 Å². The maximum atomic E-state index is 12.8. The summed E-state index contributed by atoms with van der Waals surface area (Å²) in [5, 5.41) is 0. The number of anilines is 1. The Bertz CT molecular complexity index is 1800. The van der Waals surface area contributed by atoms with Gasteiger partial charge in [0.1, 0.15) is 5.75 Å². The van der Waals surface area contributed by atoms with Crippen LogP contribution in [0.25, 0.3) is 6.08 Å². The molecule has 260 valence electrons. The van der Waals surface area contributed by atoms with Gasteiger partial charge in [-0.05, 0) is 93.1 Å². The van der Waals surface area contributed by atoms with Gasteiger partial charge in [-0.2, -0.15) is 4.58 Å². The standard InChI is InChI=1S/C37H37N2O2S.6FH.Sb/c1-37(2)33-8-4-5-9-34(33)39(35(37)23-14-27-12-17-30(18-13-27)38-24-6-7-25-38)26-28-10-15-29(16-11-28)36(40)41-31-19-21-32(42-3)22-20-31;;;;;;;/h4-5,8-23H,6-7,24-26H2,1-3H3;6*1H;/q+1;;;;;;;+5/p-6. The second-order valence-corrected chi connectivity index (χ2v) is 16.7. The molecular weight excluding hydrogens is 772 g/mol. The Balaban J connectivity index is 0.000000710. The number of hydrogen-bond acceptors (Lipinski definition) is 4. The quantitative estimate of drug-likeness (QED) is 0.0470. The minimum atomic E-state index is -9.19. The second kappa shape index (κ2) is 15.5. The number of rotatable bonds is 8. The predicted octanol–water partition coefficient (Wildman–Crippen LogP) is 7.24. The van der Waals surface area contributed by atoms with Crippen LogP contribution in [0.2, 0.25) is 0 Å². The van der Waals surface area contributed by atoms with Crippen molar-refractivity contribution in [2.45, 2.75) is 43.5 Å². The molecular formula is C37H37F6N2O2SSb. The van der Waals surface area contributed by atoms with Crippen molar-refractivity contribution in [2.75, 3.05) is 24.2 Å². The number of ether oxygens (including phenoxy) is 1. The molecule has 0 aromatic heterocycles. The van der Waals surface area contributed by atoms with Gasteiger partial charge in [0.05, 0.1) is 11.0 Å². The fraction of sp³-hybridized carbons (Fsp3) is 0.243. The molecule has 0 atom stereocenters. The molecule has 4 aromatic carbocycles. The first kappa shape index (κ1) is 38.1. The fourth-order valence-corrected chi connectivity index (χ4v) is 6.40. The van der Waals surface area contributed by atoms with Gasteiger partial charge in [0, 0.05) is 46.9 Å². The van der Waals surface area contributed by atoms with Crippen LogP contribution in [-0.4, -0.2) is 55.9 Å². The van der Waals surface area contributed by atoms with E-state index in [9.17, 15) is 18.9 Å². The van der Waals surface area contributed by atoms with Gasteiger partial charge < -0.3 is 14.3 Å². The van der Waals surface area contributed by atoms with E-state index >= 15 is 0 Å². The summed E-state index contributed by atoms with van der Waals surface area (Å²) in [5.74, 6) is 0.200. The van der Waals surface area contributed by atoms with E-state index < -0.39 is 20.3 Å². The number of fused-ring (bicyclic) bond motifs is 1. The zero-order valence-corrected chi connectivity index (χ0v) is 30.6. The SMILES string of the molecule is CSc1ccc(OC(=O)c2ccc(C[N+]3=C(/C=C/c4ccc(N5CCCC5)cc4)C(C)(C)c4ccccc43)cc2)cc1.[F-].[F][Sb]([F])([F])([F])[F]. The maximum absolute atomic E-state index is 12.8. The number of carbonyl (C=O) groups is 1. The van der Waals surface area contributed by atoms with Gasteiger partial charge in [0.2, 0.25) is 5.69 Å². The van der Waals surface area contributed by atoms with Gasteiger partial charge in [0.15, 0.2) is 12.3 Å². The van der Waals surface area contributed by atoms with Gasteiger partial charge in [-0.15, -0.1) is 11.8 Å². The van der Waals surface area contributed by atoms with E-state index in [2.05, 4.69) is 84.0 Å². The van der Waals surface area contributed by atoms with Crippen LogP contribution >= 0.6 is 11.8 Å². The van der Waals surface area contributed by atoms with E-state index in [1.54, 1.807) is 11.8 Å². The van der Waals surface area contributed by atoms with Gasteiger partial charge in [0.25, 0.3) is 0 Å². The molecule has 2 aliphatic rings. The molecule has 0 unspecified atom stereocenters. The minimum absolute atomic E-state index is 0. The summed E-state index contributed by atoms with van der Waals surface area (Å²) >= 11 is -7.53. The topological polar surface area (TPSA) is 32.6 Å². The van der Waals surface area contributed by atoms with Crippen molar-refractivity contribution < 1.29 is 32.9 Å². The number of hydrogen-bond donors (Lipinski definition) is 0. The van der Waals surface area contributed by atoms with Gasteiger partial charge >= 0.3 is 40.3 Å². The molecule has 6 rings (SSSR count). The normalized spacial score (nSPS) is 15.9. The van der Waals surface area contributed by atoms with Crippen molar-refractivity contribution >= 4 is 61.2 Å². The van der Waals surface area contributed by atoms with E-state index in [0.29, 0.717) is 17.9 Å². The average molecular weight is 810 g/mol. The van der Waals surface area contributed by atoms with Gasteiger partial charge in [-0.1, -0.05) is 42.5 Å². The third-order valence-electron chi connectivity index (χ3n) is 8.40. The van der Waals surface area contributed by atoms with Crippen molar-refractivity contribution in [3.63, 3.8) is 0 Å². The van der Waals surface area contributed by atoms with Crippen molar-refractivity contribution in [2.24, 2.45) is 0 Å². The summed E-state index contributed by atoms with van der Waals surface area (Å²) < 4.78 is 57.6. The Morgan fingerprint density at radius 1 is 0.857 bits per heavy atom. The molecule has 2 heterocycles. The first-order chi connectivity index (χ1) is 22.7. The molecule has 0 spiro atoms. The number of allylic oxidation sites excluding steroid dienone is 1. The molecule has 4 nitrogen and oxygen atoms in total. The van der Waals surface area contributed by atoms with E-state index in [0.717, 1.165) is 23.5 Å². The Morgan fingerprint density at radius 3 is 2.04 bits per heavy atom. The van der Waals surface area contributed by atoms with Crippen LogP contribution < -0.4 is 14.3 Å². The number of thioether (sulfide) groups is 1. The van der Waals surface area contributed by atoms with E-state index in [1.807, 2.05) is 54.8 Å². The van der Waals surface area contributed by atoms with Gasteiger partial charge in [-0.25, -0.2) is 4.79 Å².